The second-order valence-electron chi connectivity index (χ2n) is 6.20. The Morgan fingerprint density at radius 2 is 1.68 bits per heavy atom. The van der Waals surface area contributed by atoms with Crippen molar-refractivity contribution in [2.24, 2.45) is 0 Å². The molecule has 0 aliphatic heterocycles. The van der Waals surface area contributed by atoms with Gasteiger partial charge in [-0.05, 0) is 47.5 Å². The van der Waals surface area contributed by atoms with Gasteiger partial charge in [0.05, 0.1) is 10.2 Å². The average Bonchev–Trinajstić information content (AvgIpc) is 3.15. The summed E-state index contributed by atoms with van der Waals surface area (Å²) in [5, 5.41) is 1.60. The fourth-order valence-electron chi connectivity index (χ4n) is 2.84. The van der Waals surface area contributed by atoms with Gasteiger partial charge in [0.25, 0.3) is 0 Å². The highest BCUT2D eigenvalue weighted by Gasteiger charge is 2.08. The summed E-state index contributed by atoms with van der Waals surface area (Å²) < 4.78 is 1.15. The van der Waals surface area contributed by atoms with Crippen LogP contribution in [0.15, 0.2) is 84.9 Å². The number of ketones is 1. The van der Waals surface area contributed by atoms with Crippen molar-refractivity contribution < 1.29 is 4.79 Å². The highest BCUT2D eigenvalue weighted by molar-refractivity contribution is 7.21. The maximum Gasteiger partial charge on any atom is 0.178 e. The smallest absolute Gasteiger partial charge is 0.178 e. The van der Waals surface area contributed by atoms with Crippen LogP contribution < -0.4 is 0 Å². The minimum Gasteiger partial charge on any atom is -0.290 e. The Hall–Kier alpha value is -3.01. The molecule has 0 fully saturated rings. The zero-order chi connectivity index (χ0) is 19.3. The van der Waals surface area contributed by atoms with Crippen molar-refractivity contribution in [2.45, 2.75) is 0 Å². The largest absolute Gasteiger partial charge is 0.290 e. The van der Waals surface area contributed by atoms with E-state index in [1.165, 1.54) is 0 Å². The van der Waals surface area contributed by atoms with E-state index in [0.29, 0.717) is 5.02 Å². The zero-order valence-electron chi connectivity index (χ0n) is 14.9. The van der Waals surface area contributed by atoms with Crippen LogP contribution in [-0.2, 0) is 4.79 Å². The topological polar surface area (TPSA) is 30.0 Å². The number of benzene rings is 3. The van der Waals surface area contributed by atoms with Gasteiger partial charge in [-0.25, -0.2) is 4.98 Å². The van der Waals surface area contributed by atoms with E-state index >= 15 is 0 Å². The van der Waals surface area contributed by atoms with Crippen molar-refractivity contribution in [1.82, 2.24) is 4.98 Å². The van der Waals surface area contributed by atoms with Crippen molar-refractivity contribution in [3.63, 3.8) is 0 Å². The molecule has 1 aromatic heterocycles. The Kier molecular flexibility index (Phi) is 5.47. The predicted octanol–water partition coefficient (Wildman–Crippen LogP) is 6.91. The molecule has 0 aliphatic rings. The zero-order valence-corrected chi connectivity index (χ0v) is 16.5. The van der Waals surface area contributed by atoms with Gasteiger partial charge in [0.15, 0.2) is 5.78 Å². The molecule has 0 bridgehead atoms. The number of hydrogen-bond donors (Lipinski definition) is 0. The number of halogens is 1. The van der Waals surface area contributed by atoms with Crippen molar-refractivity contribution >= 4 is 51.1 Å². The molecule has 136 valence electrons. The summed E-state index contributed by atoms with van der Waals surface area (Å²) >= 11 is 7.62. The molecule has 2 nitrogen and oxygen atoms in total. The third kappa shape index (κ3) is 4.28. The molecule has 4 heteroatoms. The third-order valence-electron chi connectivity index (χ3n) is 4.20. The number of carbonyl (C=O) groups excluding carboxylic acids is 1. The van der Waals surface area contributed by atoms with Gasteiger partial charge in [0.2, 0.25) is 0 Å². The van der Waals surface area contributed by atoms with E-state index in [4.69, 9.17) is 16.6 Å². The van der Waals surface area contributed by atoms with Crippen molar-refractivity contribution in [3.05, 3.63) is 101 Å². The van der Waals surface area contributed by atoms with Gasteiger partial charge in [0.1, 0.15) is 5.01 Å². The van der Waals surface area contributed by atoms with Gasteiger partial charge < -0.3 is 0 Å². The van der Waals surface area contributed by atoms with Crippen molar-refractivity contribution in [1.29, 1.82) is 0 Å². The summed E-state index contributed by atoms with van der Waals surface area (Å²) in [6.07, 6.45) is 6.72. The van der Waals surface area contributed by atoms with E-state index in [2.05, 4.69) is 6.07 Å². The number of para-hydroxylation sites is 1. The number of rotatable bonds is 5. The van der Waals surface area contributed by atoms with Crippen LogP contribution in [0.3, 0.4) is 0 Å². The van der Waals surface area contributed by atoms with Crippen LogP contribution in [0.1, 0.15) is 11.1 Å². The van der Waals surface area contributed by atoms with Crippen LogP contribution in [-0.4, -0.2) is 10.8 Å². The number of nitrogens with zero attached hydrogens (tertiary/aromatic N) is 1. The SMILES string of the molecule is O=C(C=Cc1cccc(Cl)c1)C=Cc1ccccc1-c1nc2ccccc2s1. The summed E-state index contributed by atoms with van der Waals surface area (Å²) in [7, 11) is 0. The molecule has 3 aromatic carbocycles. The summed E-state index contributed by atoms with van der Waals surface area (Å²) in [5.41, 5.74) is 3.86. The van der Waals surface area contributed by atoms with Crippen molar-refractivity contribution in [2.75, 3.05) is 0 Å². The van der Waals surface area contributed by atoms with E-state index in [9.17, 15) is 4.79 Å². The molecule has 0 saturated heterocycles. The van der Waals surface area contributed by atoms with E-state index in [1.54, 1.807) is 35.6 Å². The first kappa shape index (κ1) is 18.4. The summed E-state index contributed by atoms with van der Waals surface area (Å²) in [4.78, 5) is 17.0. The van der Waals surface area contributed by atoms with E-state index in [0.717, 1.165) is 31.9 Å². The lowest BCUT2D eigenvalue weighted by Gasteiger charge is -2.01. The first-order valence-electron chi connectivity index (χ1n) is 8.80. The maximum atomic E-state index is 12.2. The minimum atomic E-state index is -0.0842. The van der Waals surface area contributed by atoms with E-state index < -0.39 is 0 Å². The number of carbonyl (C=O) groups is 1. The molecule has 0 unspecified atom stereocenters. The van der Waals surface area contributed by atoms with E-state index in [-0.39, 0.29) is 5.78 Å². The average molecular weight is 402 g/mol. The molecule has 0 spiro atoms. The fraction of sp³-hybridized carbons (Fsp3) is 0. The second kappa shape index (κ2) is 8.34. The van der Waals surface area contributed by atoms with E-state index in [1.807, 2.05) is 66.7 Å². The van der Waals surface area contributed by atoms with Gasteiger partial charge in [-0.15, -0.1) is 11.3 Å². The van der Waals surface area contributed by atoms with Crippen LogP contribution in [0.4, 0.5) is 0 Å². The van der Waals surface area contributed by atoms with Gasteiger partial charge in [-0.2, -0.15) is 0 Å². The number of hydrogen-bond acceptors (Lipinski definition) is 3. The number of aromatic nitrogens is 1. The van der Waals surface area contributed by atoms with Crippen molar-refractivity contribution in [3.8, 4) is 10.6 Å². The third-order valence-corrected chi connectivity index (χ3v) is 5.51. The number of thiazole rings is 1. The van der Waals surface area contributed by atoms with Gasteiger partial charge in [-0.1, -0.05) is 72.3 Å². The number of fused-ring (bicyclic) bond motifs is 1. The van der Waals surface area contributed by atoms with Crippen LogP contribution in [0.2, 0.25) is 5.02 Å². The Morgan fingerprint density at radius 3 is 2.54 bits per heavy atom. The molecule has 0 atom stereocenters. The quantitative estimate of drug-likeness (QED) is 0.340. The minimum absolute atomic E-state index is 0.0842. The van der Waals surface area contributed by atoms with Gasteiger partial charge in [0, 0.05) is 10.6 Å². The molecule has 0 saturated carbocycles. The Bertz CT molecular complexity index is 1170. The van der Waals surface area contributed by atoms with Crippen LogP contribution in [0.25, 0.3) is 32.9 Å². The lowest BCUT2D eigenvalue weighted by atomic mass is 10.1. The number of allylic oxidation sites excluding steroid dienone is 2. The van der Waals surface area contributed by atoms with Crippen LogP contribution in [0.5, 0.6) is 0 Å². The first-order valence-corrected chi connectivity index (χ1v) is 9.99. The lowest BCUT2D eigenvalue weighted by molar-refractivity contribution is -0.110. The Morgan fingerprint density at radius 1 is 0.893 bits per heavy atom. The van der Waals surface area contributed by atoms with Gasteiger partial charge >= 0.3 is 0 Å². The highest BCUT2D eigenvalue weighted by atomic mass is 35.5. The second-order valence-corrected chi connectivity index (χ2v) is 7.67. The molecular formula is C24H16ClNOS. The van der Waals surface area contributed by atoms with Gasteiger partial charge in [-0.3, -0.25) is 4.79 Å². The normalized spacial score (nSPS) is 11.6. The molecule has 4 aromatic rings. The Balaban J connectivity index is 1.57. The predicted molar refractivity (Wildman–Crippen MR) is 120 cm³/mol. The summed E-state index contributed by atoms with van der Waals surface area (Å²) in [6, 6.07) is 23.4. The molecule has 0 N–H and O–H groups in total. The van der Waals surface area contributed by atoms with Crippen LogP contribution in [0, 0.1) is 0 Å². The molecular weight excluding hydrogens is 386 g/mol. The Labute approximate surface area is 172 Å². The fourth-order valence-corrected chi connectivity index (χ4v) is 4.05. The molecule has 4 rings (SSSR count). The molecule has 0 aliphatic carbocycles. The lowest BCUT2D eigenvalue weighted by Crippen LogP contribution is -1.87. The molecule has 28 heavy (non-hydrogen) atoms. The standard InChI is InChI=1S/C24H16ClNOS/c25-19-8-5-6-17(16-19)12-14-20(27)15-13-18-7-1-2-9-21(18)24-26-22-10-3-4-11-23(22)28-24/h1-16H. The van der Waals surface area contributed by atoms with Crippen LogP contribution >= 0.6 is 22.9 Å². The summed E-state index contributed by atoms with van der Waals surface area (Å²) in [6.45, 7) is 0. The summed E-state index contributed by atoms with van der Waals surface area (Å²) in [5.74, 6) is -0.0842. The monoisotopic (exact) mass is 401 g/mol. The maximum absolute atomic E-state index is 12.2. The molecule has 1 heterocycles. The first-order chi connectivity index (χ1) is 13.7. The highest BCUT2D eigenvalue weighted by Crippen LogP contribution is 2.32. The molecule has 0 amide bonds. The molecule has 0 radical (unpaired) electrons.